The largest absolute Gasteiger partial charge is 0.338 e. The van der Waals surface area contributed by atoms with E-state index in [4.69, 9.17) is 0 Å². The van der Waals surface area contributed by atoms with Crippen LogP contribution in [0.3, 0.4) is 0 Å². The minimum Gasteiger partial charge on any atom is -0.338 e. The van der Waals surface area contributed by atoms with Crippen LogP contribution in [-0.4, -0.2) is 17.9 Å². The minimum absolute atomic E-state index is 0.0742. The molecule has 1 amide bonds. The summed E-state index contributed by atoms with van der Waals surface area (Å²) < 4.78 is 0. The van der Waals surface area contributed by atoms with Crippen LogP contribution in [-0.2, 0) is 11.2 Å². The lowest BCUT2D eigenvalue weighted by Crippen LogP contribution is -2.36. The Labute approximate surface area is 110 Å². The van der Waals surface area contributed by atoms with Gasteiger partial charge in [0.15, 0.2) is 0 Å². The predicted molar refractivity (Wildman–Crippen MR) is 74.5 cm³/mol. The summed E-state index contributed by atoms with van der Waals surface area (Å²) in [6, 6.07) is 6.74. The van der Waals surface area contributed by atoms with Gasteiger partial charge in [0.05, 0.1) is 6.04 Å². The van der Waals surface area contributed by atoms with E-state index in [1.807, 2.05) is 25.8 Å². The van der Waals surface area contributed by atoms with Crippen LogP contribution >= 0.6 is 0 Å². The van der Waals surface area contributed by atoms with Crippen molar-refractivity contribution in [2.75, 3.05) is 7.05 Å². The molecule has 0 saturated carbocycles. The molecule has 2 heteroatoms. The Kier molecular flexibility index (Phi) is 3.74. The van der Waals surface area contributed by atoms with Crippen LogP contribution in [0.2, 0.25) is 0 Å². The SMILES string of the molecule is Cc1cccc2c1CCCC2N(C)C(=O)C(C)C. The molecule has 0 saturated heterocycles. The van der Waals surface area contributed by atoms with Gasteiger partial charge in [0.1, 0.15) is 0 Å². The fraction of sp³-hybridized carbons (Fsp3) is 0.562. The molecule has 1 atom stereocenters. The summed E-state index contributed by atoms with van der Waals surface area (Å²) in [5.74, 6) is 0.319. The van der Waals surface area contributed by atoms with Crippen LogP contribution < -0.4 is 0 Å². The molecule has 98 valence electrons. The maximum atomic E-state index is 12.2. The molecule has 1 aliphatic rings. The van der Waals surface area contributed by atoms with Gasteiger partial charge in [-0.2, -0.15) is 0 Å². The smallest absolute Gasteiger partial charge is 0.225 e. The molecule has 2 nitrogen and oxygen atoms in total. The van der Waals surface area contributed by atoms with Gasteiger partial charge in [-0.15, -0.1) is 0 Å². The normalized spacial score (nSPS) is 18.6. The summed E-state index contributed by atoms with van der Waals surface area (Å²) in [7, 11) is 1.95. The number of benzene rings is 1. The van der Waals surface area contributed by atoms with E-state index in [1.165, 1.54) is 23.1 Å². The predicted octanol–water partition coefficient (Wildman–Crippen LogP) is 3.49. The van der Waals surface area contributed by atoms with Crippen molar-refractivity contribution in [3.8, 4) is 0 Å². The van der Waals surface area contributed by atoms with Gasteiger partial charge in [-0.25, -0.2) is 0 Å². The number of rotatable bonds is 2. The second-order valence-electron chi connectivity index (χ2n) is 5.65. The Morgan fingerprint density at radius 1 is 1.39 bits per heavy atom. The van der Waals surface area contributed by atoms with Gasteiger partial charge in [0.25, 0.3) is 0 Å². The second-order valence-corrected chi connectivity index (χ2v) is 5.65. The third-order valence-corrected chi connectivity index (χ3v) is 4.02. The van der Waals surface area contributed by atoms with Crippen LogP contribution in [0, 0.1) is 12.8 Å². The van der Waals surface area contributed by atoms with E-state index in [0.29, 0.717) is 0 Å². The number of hydrogen-bond donors (Lipinski definition) is 0. The van der Waals surface area contributed by atoms with Crippen molar-refractivity contribution in [1.29, 1.82) is 0 Å². The van der Waals surface area contributed by atoms with Crippen LogP contribution in [0.5, 0.6) is 0 Å². The molecule has 0 heterocycles. The summed E-state index contributed by atoms with van der Waals surface area (Å²) >= 11 is 0. The molecule has 1 unspecified atom stereocenters. The molecular weight excluding hydrogens is 222 g/mol. The highest BCUT2D eigenvalue weighted by Gasteiger charge is 2.28. The van der Waals surface area contributed by atoms with Gasteiger partial charge in [-0.1, -0.05) is 32.0 Å². The van der Waals surface area contributed by atoms with Crippen LogP contribution in [0.4, 0.5) is 0 Å². The standard InChI is InChI=1S/C16H23NO/c1-11(2)16(18)17(4)15-10-6-8-13-12(3)7-5-9-14(13)15/h5,7,9,11,15H,6,8,10H2,1-4H3. The number of amides is 1. The molecule has 0 aromatic heterocycles. The maximum Gasteiger partial charge on any atom is 0.225 e. The highest BCUT2D eigenvalue weighted by molar-refractivity contribution is 5.78. The molecule has 18 heavy (non-hydrogen) atoms. The van der Waals surface area contributed by atoms with Crippen molar-refractivity contribution in [3.63, 3.8) is 0 Å². The molecule has 0 bridgehead atoms. The molecule has 1 aromatic rings. The van der Waals surface area contributed by atoms with Crippen LogP contribution in [0.1, 0.15) is 49.4 Å². The number of fused-ring (bicyclic) bond motifs is 1. The van der Waals surface area contributed by atoms with Gasteiger partial charge in [0.2, 0.25) is 5.91 Å². The van der Waals surface area contributed by atoms with Crippen molar-refractivity contribution in [1.82, 2.24) is 4.90 Å². The van der Waals surface area contributed by atoms with Crippen molar-refractivity contribution in [2.24, 2.45) is 5.92 Å². The van der Waals surface area contributed by atoms with Crippen molar-refractivity contribution in [2.45, 2.75) is 46.1 Å². The molecule has 0 fully saturated rings. The maximum absolute atomic E-state index is 12.2. The first-order chi connectivity index (χ1) is 8.52. The number of carbonyl (C=O) groups excluding carboxylic acids is 1. The van der Waals surface area contributed by atoms with Gasteiger partial charge < -0.3 is 4.90 Å². The van der Waals surface area contributed by atoms with Crippen LogP contribution in [0.25, 0.3) is 0 Å². The van der Waals surface area contributed by atoms with Crippen molar-refractivity contribution < 1.29 is 4.79 Å². The molecule has 0 N–H and O–H groups in total. The Hall–Kier alpha value is -1.31. The molecule has 0 aliphatic heterocycles. The lowest BCUT2D eigenvalue weighted by Gasteiger charge is -2.35. The average Bonchev–Trinajstić information content (AvgIpc) is 2.37. The zero-order chi connectivity index (χ0) is 13.3. The van der Waals surface area contributed by atoms with Gasteiger partial charge in [-0.3, -0.25) is 4.79 Å². The lowest BCUT2D eigenvalue weighted by atomic mass is 9.84. The molecular formula is C16H23NO. The zero-order valence-corrected chi connectivity index (χ0v) is 11.9. The minimum atomic E-state index is 0.0742. The first-order valence-corrected chi connectivity index (χ1v) is 6.87. The molecule has 1 aromatic carbocycles. The molecule has 1 aliphatic carbocycles. The number of aryl methyl sites for hydroxylation is 1. The molecule has 0 spiro atoms. The summed E-state index contributed by atoms with van der Waals surface area (Å²) in [5, 5.41) is 0. The van der Waals surface area contributed by atoms with Gasteiger partial charge >= 0.3 is 0 Å². The molecule has 0 radical (unpaired) electrons. The van der Waals surface area contributed by atoms with E-state index < -0.39 is 0 Å². The lowest BCUT2D eigenvalue weighted by molar-refractivity contribution is -0.135. The summed E-state index contributed by atoms with van der Waals surface area (Å²) in [6.45, 7) is 6.11. The van der Waals surface area contributed by atoms with Gasteiger partial charge in [-0.05, 0) is 42.9 Å². The Morgan fingerprint density at radius 3 is 2.78 bits per heavy atom. The van der Waals surface area contributed by atoms with E-state index in [0.717, 1.165) is 12.8 Å². The topological polar surface area (TPSA) is 20.3 Å². The van der Waals surface area contributed by atoms with Crippen molar-refractivity contribution in [3.05, 3.63) is 34.9 Å². The van der Waals surface area contributed by atoms with E-state index in [1.54, 1.807) is 0 Å². The second kappa shape index (κ2) is 5.13. The van der Waals surface area contributed by atoms with Crippen molar-refractivity contribution >= 4 is 5.91 Å². The zero-order valence-electron chi connectivity index (χ0n) is 11.9. The average molecular weight is 245 g/mol. The van der Waals surface area contributed by atoms with E-state index in [-0.39, 0.29) is 17.9 Å². The Bertz CT molecular complexity index is 450. The van der Waals surface area contributed by atoms with E-state index >= 15 is 0 Å². The molecule has 2 rings (SSSR count). The van der Waals surface area contributed by atoms with Gasteiger partial charge in [0, 0.05) is 13.0 Å². The first kappa shape index (κ1) is 13.1. The fourth-order valence-electron chi connectivity index (χ4n) is 2.97. The summed E-state index contributed by atoms with van der Waals surface area (Å²) in [4.78, 5) is 14.1. The fourth-order valence-corrected chi connectivity index (χ4v) is 2.97. The monoisotopic (exact) mass is 245 g/mol. The van der Waals surface area contributed by atoms with E-state index in [2.05, 4.69) is 25.1 Å². The third kappa shape index (κ3) is 2.29. The Balaban J connectivity index is 2.33. The van der Waals surface area contributed by atoms with Crippen LogP contribution in [0.15, 0.2) is 18.2 Å². The number of nitrogens with zero attached hydrogens (tertiary/aromatic N) is 1. The van der Waals surface area contributed by atoms with E-state index in [9.17, 15) is 4.79 Å². The first-order valence-electron chi connectivity index (χ1n) is 6.87. The highest BCUT2D eigenvalue weighted by Crippen LogP contribution is 2.35. The quantitative estimate of drug-likeness (QED) is 0.781. The third-order valence-electron chi connectivity index (χ3n) is 4.02. The highest BCUT2D eigenvalue weighted by atomic mass is 16.2. The number of carbonyl (C=O) groups is 1. The summed E-state index contributed by atoms with van der Waals surface area (Å²) in [6.07, 6.45) is 3.42. The Morgan fingerprint density at radius 2 is 2.11 bits per heavy atom. The summed E-state index contributed by atoms with van der Waals surface area (Å²) in [5.41, 5.74) is 4.18. The number of hydrogen-bond acceptors (Lipinski definition) is 1.